The molecule has 2 atom stereocenters. The summed E-state index contributed by atoms with van der Waals surface area (Å²) in [6, 6.07) is 7.00. The zero-order valence-electron chi connectivity index (χ0n) is 14.5. The lowest BCUT2D eigenvalue weighted by Crippen LogP contribution is -2.47. The van der Waals surface area contributed by atoms with Crippen molar-refractivity contribution >= 4 is 5.91 Å². The number of nitrogens with zero attached hydrogens (tertiary/aromatic N) is 2. The molecule has 1 aromatic carbocycles. The van der Waals surface area contributed by atoms with Gasteiger partial charge in [-0.05, 0) is 52.3 Å². The molecule has 2 saturated heterocycles. The van der Waals surface area contributed by atoms with Crippen molar-refractivity contribution in [2.24, 2.45) is 0 Å². The standard InChI is InChI=1S/C19H28N2O2/c1-14-8-9-18(23-3)15(12-14)13-19(22)21-11-5-7-17(21)16-6-4-10-20(16)2/h8-9,12,16-17H,4-7,10-11,13H2,1-3H3/t16-,17+/m1/s1. The predicted molar refractivity (Wildman–Crippen MR) is 91.8 cm³/mol. The average molecular weight is 316 g/mol. The number of carbonyl (C=O) groups excluding carboxylic acids is 1. The van der Waals surface area contributed by atoms with Crippen LogP contribution in [0.1, 0.15) is 36.8 Å². The van der Waals surface area contributed by atoms with Crippen LogP contribution in [0.3, 0.4) is 0 Å². The van der Waals surface area contributed by atoms with Gasteiger partial charge in [0.15, 0.2) is 0 Å². The van der Waals surface area contributed by atoms with E-state index in [1.165, 1.54) is 18.4 Å². The summed E-state index contributed by atoms with van der Waals surface area (Å²) in [5.41, 5.74) is 2.17. The average Bonchev–Trinajstić information content (AvgIpc) is 3.15. The Morgan fingerprint density at radius 3 is 2.65 bits per heavy atom. The van der Waals surface area contributed by atoms with Crippen molar-refractivity contribution in [3.05, 3.63) is 29.3 Å². The van der Waals surface area contributed by atoms with E-state index in [-0.39, 0.29) is 5.91 Å². The third-order valence-electron chi connectivity index (χ3n) is 5.42. The van der Waals surface area contributed by atoms with Gasteiger partial charge in [0.2, 0.25) is 5.91 Å². The highest BCUT2D eigenvalue weighted by molar-refractivity contribution is 5.80. The number of hydrogen-bond acceptors (Lipinski definition) is 3. The Labute approximate surface area is 139 Å². The lowest BCUT2D eigenvalue weighted by atomic mass is 10.0. The Balaban J connectivity index is 1.73. The molecule has 4 heteroatoms. The molecular weight excluding hydrogens is 288 g/mol. The maximum atomic E-state index is 12.9. The minimum atomic E-state index is 0.247. The topological polar surface area (TPSA) is 32.8 Å². The number of likely N-dealkylation sites (N-methyl/N-ethyl adjacent to an activating group) is 1. The van der Waals surface area contributed by atoms with E-state index < -0.39 is 0 Å². The van der Waals surface area contributed by atoms with E-state index in [4.69, 9.17) is 4.74 Å². The molecule has 1 aromatic rings. The van der Waals surface area contributed by atoms with Crippen LogP contribution in [-0.4, -0.2) is 55.0 Å². The molecule has 0 aliphatic carbocycles. The summed E-state index contributed by atoms with van der Waals surface area (Å²) in [5.74, 6) is 1.06. The maximum absolute atomic E-state index is 12.9. The van der Waals surface area contributed by atoms with Gasteiger partial charge in [0.1, 0.15) is 5.75 Å². The number of rotatable bonds is 4. The third-order valence-corrected chi connectivity index (χ3v) is 5.42. The van der Waals surface area contributed by atoms with Crippen LogP contribution in [0.4, 0.5) is 0 Å². The van der Waals surface area contributed by atoms with Gasteiger partial charge in [0.05, 0.1) is 13.5 Å². The van der Waals surface area contributed by atoms with E-state index >= 15 is 0 Å². The summed E-state index contributed by atoms with van der Waals surface area (Å²) in [6.07, 6.45) is 5.19. The second-order valence-electron chi connectivity index (χ2n) is 6.98. The highest BCUT2D eigenvalue weighted by atomic mass is 16.5. The van der Waals surface area contributed by atoms with E-state index in [0.717, 1.165) is 37.2 Å². The molecule has 4 nitrogen and oxygen atoms in total. The Morgan fingerprint density at radius 1 is 1.22 bits per heavy atom. The first kappa shape index (κ1) is 16.3. The first-order chi connectivity index (χ1) is 11.1. The fraction of sp³-hybridized carbons (Fsp3) is 0.632. The molecule has 2 aliphatic heterocycles. The van der Waals surface area contributed by atoms with Gasteiger partial charge in [-0.25, -0.2) is 0 Å². The lowest BCUT2D eigenvalue weighted by molar-refractivity contribution is -0.132. The summed E-state index contributed by atoms with van der Waals surface area (Å²) in [7, 11) is 3.87. The van der Waals surface area contributed by atoms with E-state index in [1.54, 1.807) is 7.11 Å². The molecule has 23 heavy (non-hydrogen) atoms. The van der Waals surface area contributed by atoms with Gasteiger partial charge in [0, 0.05) is 24.2 Å². The molecule has 2 fully saturated rings. The molecule has 1 amide bonds. The first-order valence-electron chi connectivity index (χ1n) is 8.73. The quantitative estimate of drug-likeness (QED) is 0.856. The fourth-order valence-electron chi connectivity index (χ4n) is 4.23. The minimum absolute atomic E-state index is 0.247. The summed E-state index contributed by atoms with van der Waals surface area (Å²) in [4.78, 5) is 17.5. The van der Waals surface area contributed by atoms with Crippen LogP contribution < -0.4 is 4.74 Å². The second-order valence-corrected chi connectivity index (χ2v) is 6.98. The Bertz CT molecular complexity index is 572. The smallest absolute Gasteiger partial charge is 0.227 e. The number of aryl methyl sites for hydroxylation is 1. The Morgan fingerprint density at radius 2 is 1.96 bits per heavy atom. The number of benzene rings is 1. The van der Waals surface area contributed by atoms with E-state index in [9.17, 15) is 4.79 Å². The molecule has 0 N–H and O–H groups in total. The third kappa shape index (κ3) is 3.37. The van der Waals surface area contributed by atoms with E-state index in [2.05, 4.69) is 29.8 Å². The number of hydrogen-bond donors (Lipinski definition) is 0. The van der Waals surface area contributed by atoms with E-state index in [0.29, 0.717) is 18.5 Å². The zero-order chi connectivity index (χ0) is 16.4. The van der Waals surface area contributed by atoms with Crippen molar-refractivity contribution in [1.29, 1.82) is 0 Å². The highest BCUT2D eigenvalue weighted by Crippen LogP contribution is 2.30. The van der Waals surface area contributed by atoms with Gasteiger partial charge in [-0.2, -0.15) is 0 Å². The number of ether oxygens (including phenoxy) is 1. The van der Waals surface area contributed by atoms with Crippen LogP contribution in [0, 0.1) is 6.92 Å². The largest absolute Gasteiger partial charge is 0.496 e. The Hall–Kier alpha value is -1.55. The molecule has 0 aromatic heterocycles. The molecule has 0 spiro atoms. The van der Waals surface area contributed by atoms with Crippen LogP contribution in [0.5, 0.6) is 5.75 Å². The summed E-state index contributed by atoms with van der Waals surface area (Å²) < 4.78 is 5.43. The highest BCUT2D eigenvalue weighted by Gasteiger charge is 2.38. The lowest BCUT2D eigenvalue weighted by Gasteiger charge is -2.33. The monoisotopic (exact) mass is 316 g/mol. The summed E-state index contributed by atoms with van der Waals surface area (Å²) in [6.45, 7) is 4.12. The predicted octanol–water partition coefficient (Wildman–Crippen LogP) is 2.63. The molecule has 0 radical (unpaired) electrons. The molecule has 126 valence electrons. The number of amides is 1. The number of carbonyl (C=O) groups is 1. The zero-order valence-corrected chi connectivity index (χ0v) is 14.5. The molecular formula is C19H28N2O2. The van der Waals surface area contributed by atoms with Crippen LogP contribution in [0.15, 0.2) is 18.2 Å². The second kappa shape index (κ2) is 6.91. The van der Waals surface area contributed by atoms with Gasteiger partial charge in [0.25, 0.3) is 0 Å². The van der Waals surface area contributed by atoms with Gasteiger partial charge in [-0.3, -0.25) is 4.79 Å². The molecule has 2 heterocycles. The molecule has 0 unspecified atom stereocenters. The van der Waals surface area contributed by atoms with Crippen molar-refractivity contribution in [3.63, 3.8) is 0 Å². The molecule has 2 aliphatic rings. The van der Waals surface area contributed by atoms with Crippen molar-refractivity contribution < 1.29 is 9.53 Å². The van der Waals surface area contributed by atoms with Crippen molar-refractivity contribution in [3.8, 4) is 5.75 Å². The van der Waals surface area contributed by atoms with Gasteiger partial charge >= 0.3 is 0 Å². The minimum Gasteiger partial charge on any atom is -0.496 e. The van der Waals surface area contributed by atoms with Crippen molar-refractivity contribution in [1.82, 2.24) is 9.80 Å². The number of methoxy groups -OCH3 is 1. The van der Waals surface area contributed by atoms with Gasteiger partial charge in [-0.1, -0.05) is 17.7 Å². The van der Waals surface area contributed by atoms with Crippen LogP contribution in [0.25, 0.3) is 0 Å². The van der Waals surface area contributed by atoms with Crippen molar-refractivity contribution in [2.75, 3.05) is 27.2 Å². The van der Waals surface area contributed by atoms with Crippen LogP contribution in [0.2, 0.25) is 0 Å². The molecule has 0 bridgehead atoms. The summed E-state index contributed by atoms with van der Waals surface area (Å²) >= 11 is 0. The molecule has 3 rings (SSSR count). The summed E-state index contributed by atoms with van der Waals surface area (Å²) in [5, 5.41) is 0. The molecule has 0 saturated carbocycles. The first-order valence-corrected chi connectivity index (χ1v) is 8.73. The van der Waals surface area contributed by atoms with Crippen LogP contribution >= 0.6 is 0 Å². The van der Waals surface area contributed by atoms with E-state index in [1.807, 2.05) is 12.1 Å². The number of likely N-dealkylation sites (tertiary alicyclic amines) is 2. The normalized spacial score (nSPS) is 25.1. The maximum Gasteiger partial charge on any atom is 0.227 e. The fourth-order valence-corrected chi connectivity index (χ4v) is 4.23. The van der Waals surface area contributed by atoms with Crippen molar-refractivity contribution in [2.45, 2.75) is 51.1 Å². The van der Waals surface area contributed by atoms with Gasteiger partial charge < -0.3 is 14.5 Å². The van der Waals surface area contributed by atoms with Crippen LogP contribution in [-0.2, 0) is 11.2 Å². The Kier molecular flexibility index (Phi) is 4.90. The van der Waals surface area contributed by atoms with Gasteiger partial charge in [-0.15, -0.1) is 0 Å². The SMILES string of the molecule is COc1ccc(C)cc1CC(=O)N1CCC[C@H]1[C@H]1CCCN1C.